The summed E-state index contributed by atoms with van der Waals surface area (Å²) in [5.74, 6) is -0.129. The lowest BCUT2D eigenvalue weighted by atomic mass is 9.94. The summed E-state index contributed by atoms with van der Waals surface area (Å²) in [5.41, 5.74) is 3.92. The van der Waals surface area contributed by atoms with Gasteiger partial charge in [0, 0.05) is 25.9 Å². The van der Waals surface area contributed by atoms with Gasteiger partial charge in [-0.1, -0.05) is 70.4 Å². The average molecular weight is 645 g/mol. The lowest BCUT2D eigenvalue weighted by Crippen LogP contribution is -3.00. The zero-order valence-corrected chi connectivity index (χ0v) is 29.6. The average Bonchev–Trinajstić information content (AvgIpc) is 2.93. The van der Waals surface area contributed by atoms with Gasteiger partial charge in [0.2, 0.25) is 0 Å². The Bertz CT molecular complexity index is 858. The molecule has 3 rings (SSSR count). The van der Waals surface area contributed by atoms with Gasteiger partial charge in [-0.15, -0.1) is 9.12 Å². The molecule has 1 aromatic rings. The van der Waals surface area contributed by atoms with Gasteiger partial charge in [-0.05, 0) is 56.6 Å². The van der Waals surface area contributed by atoms with Crippen LogP contribution in [0.25, 0.3) is 0 Å². The van der Waals surface area contributed by atoms with Crippen molar-refractivity contribution in [1.29, 1.82) is 0 Å². The number of rotatable bonds is 18. The van der Waals surface area contributed by atoms with Crippen LogP contribution in [0.1, 0.15) is 109 Å². The molecule has 2 aliphatic heterocycles. The van der Waals surface area contributed by atoms with Crippen molar-refractivity contribution in [2.75, 3.05) is 31.7 Å². The topological polar surface area (TPSA) is 36.9 Å². The first-order chi connectivity index (χ1) is 19.4. The first-order valence-electron chi connectivity index (χ1n) is 15.9. The van der Waals surface area contributed by atoms with E-state index in [4.69, 9.17) is 18.9 Å². The van der Waals surface area contributed by atoms with E-state index < -0.39 is 7.26 Å². The molecule has 2 aliphatic rings. The molecule has 0 amide bonds. The molecule has 234 valence electrons. The SMILES string of the molecule is C=C1C[C@H](C[C@@H]2CCO[C@H](c3cccc(C[P+](CCCC)(CCCC)CCCC)c3)O2)O[C@@H](CCOB(P)S)C1.[Cl-]. The highest BCUT2D eigenvalue weighted by molar-refractivity contribution is 8.23. The van der Waals surface area contributed by atoms with Gasteiger partial charge in [-0.25, -0.2) is 0 Å². The molecule has 0 bridgehead atoms. The van der Waals surface area contributed by atoms with Crippen LogP contribution >= 0.6 is 28.9 Å². The van der Waals surface area contributed by atoms with Gasteiger partial charge < -0.3 is 31.3 Å². The molecule has 0 saturated carbocycles. The lowest BCUT2D eigenvalue weighted by Gasteiger charge is -2.36. The van der Waals surface area contributed by atoms with Crippen LogP contribution < -0.4 is 12.4 Å². The second kappa shape index (κ2) is 20.4. The minimum absolute atomic E-state index is 0. The van der Waals surface area contributed by atoms with Gasteiger partial charge in [0.1, 0.15) is 0 Å². The predicted molar refractivity (Wildman–Crippen MR) is 181 cm³/mol. The van der Waals surface area contributed by atoms with E-state index in [0.717, 1.165) is 38.7 Å². The molecule has 1 unspecified atom stereocenters. The molecule has 0 radical (unpaired) electrons. The molecule has 5 atom stereocenters. The van der Waals surface area contributed by atoms with Crippen LogP contribution in [0.2, 0.25) is 0 Å². The molecule has 0 N–H and O–H groups in total. The highest BCUT2D eigenvalue weighted by Gasteiger charge is 2.36. The largest absolute Gasteiger partial charge is 1.00 e. The van der Waals surface area contributed by atoms with E-state index in [1.807, 2.05) is 0 Å². The summed E-state index contributed by atoms with van der Waals surface area (Å²) >= 11 is 4.28. The van der Waals surface area contributed by atoms with Gasteiger partial charge in [-0.2, -0.15) is 12.5 Å². The molecule has 0 aromatic heterocycles. The standard InChI is InChI=1S/C32H56BO4P2S.ClH/c1-5-8-18-39(19-9-6-2,20-10-7-3)25-27-12-11-13-28(23-27)32-34-16-14-30(37-32)24-31-22-26(4)21-29(36-31)15-17-35-33(38)40;/h11-13,23,29-32,40H,4-10,14-22,24-25,38H2,1-3H3;1H/q+1;/p-1/t29-,30-,31+,32-;/m0./s1. The Morgan fingerprint density at radius 2 is 1.66 bits per heavy atom. The molecule has 4 nitrogen and oxygen atoms in total. The number of hydrogen-bond donors (Lipinski definition) is 1. The highest BCUT2D eigenvalue weighted by Crippen LogP contribution is 2.63. The maximum atomic E-state index is 6.58. The van der Waals surface area contributed by atoms with Gasteiger partial charge >= 0.3 is 5.91 Å². The molecule has 2 heterocycles. The number of benzene rings is 1. The summed E-state index contributed by atoms with van der Waals surface area (Å²) in [6, 6.07) is 9.15. The van der Waals surface area contributed by atoms with Crippen molar-refractivity contribution in [3.05, 3.63) is 47.5 Å². The summed E-state index contributed by atoms with van der Waals surface area (Å²) in [6.07, 6.45) is 18.2. The highest BCUT2D eigenvalue weighted by atomic mass is 35.5. The zero-order chi connectivity index (χ0) is 28.8. The molecule has 0 spiro atoms. The Balaban J connectivity index is 0.00000588. The number of ether oxygens (including phenoxy) is 3. The molecule has 9 heteroatoms. The van der Waals surface area contributed by atoms with Crippen molar-refractivity contribution < 1.29 is 31.3 Å². The summed E-state index contributed by atoms with van der Waals surface area (Å²) < 4.78 is 24.8. The fourth-order valence-electron chi connectivity index (χ4n) is 6.23. The minimum Gasteiger partial charge on any atom is -1.00 e. The van der Waals surface area contributed by atoms with Crippen LogP contribution in [0.15, 0.2) is 36.4 Å². The van der Waals surface area contributed by atoms with Crippen molar-refractivity contribution in [1.82, 2.24) is 0 Å². The first-order valence-corrected chi connectivity index (χ1v) is 19.7. The number of unbranched alkanes of at least 4 members (excludes halogenated alkanes) is 3. The van der Waals surface area contributed by atoms with E-state index >= 15 is 0 Å². The Labute approximate surface area is 266 Å². The first kappa shape index (κ1) is 37.6. The number of hydrogen-bond acceptors (Lipinski definition) is 5. The van der Waals surface area contributed by atoms with E-state index in [9.17, 15) is 0 Å². The molecule has 1 aromatic carbocycles. The Morgan fingerprint density at radius 3 is 2.29 bits per heavy atom. The van der Waals surface area contributed by atoms with Gasteiger partial charge in [-0.3, -0.25) is 0 Å². The number of halogens is 1. The van der Waals surface area contributed by atoms with Crippen LogP contribution in [-0.4, -0.2) is 55.9 Å². The predicted octanol–water partition coefficient (Wildman–Crippen LogP) is 6.10. The van der Waals surface area contributed by atoms with E-state index in [0.29, 0.717) is 6.61 Å². The van der Waals surface area contributed by atoms with Gasteiger partial charge in [0.25, 0.3) is 0 Å². The van der Waals surface area contributed by atoms with Crippen molar-refractivity contribution >= 4 is 34.8 Å². The smallest absolute Gasteiger partial charge is 0.380 e. The Morgan fingerprint density at radius 1 is 1.00 bits per heavy atom. The molecule has 2 fully saturated rings. The summed E-state index contributed by atoms with van der Waals surface area (Å²) in [4.78, 5) is 0. The summed E-state index contributed by atoms with van der Waals surface area (Å²) in [6.45, 7) is 12.7. The fourth-order valence-corrected chi connectivity index (χ4v) is 11.6. The van der Waals surface area contributed by atoms with Gasteiger partial charge in [0.05, 0.1) is 49.6 Å². The van der Waals surface area contributed by atoms with Crippen LogP contribution in [-0.2, 0) is 25.0 Å². The molecule has 0 aliphatic carbocycles. The second-order valence-corrected chi connectivity index (χ2v) is 18.1. The monoisotopic (exact) mass is 644 g/mol. The van der Waals surface area contributed by atoms with E-state index in [1.165, 1.54) is 79.9 Å². The van der Waals surface area contributed by atoms with Crippen LogP contribution in [0.4, 0.5) is 0 Å². The third-order valence-electron chi connectivity index (χ3n) is 8.40. The van der Waals surface area contributed by atoms with Crippen LogP contribution in [0.5, 0.6) is 0 Å². The van der Waals surface area contributed by atoms with Crippen molar-refractivity contribution in [2.45, 2.75) is 122 Å². The Kier molecular flexibility index (Phi) is 18.7. The normalized spacial score (nSPS) is 23.3. The zero-order valence-electron chi connectivity index (χ0n) is 25.9. The van der Waals surface area contributed by atoms with E-state index in [2.05, 4.69) is 73.2 Å². The van der Waals surface area contributed by atoms with E-state index in [-0.39, 0.29) is 42.9 Å². The van der Waals surface area contributed by atoms with Crippen LogP contribution in [0, 0.1) is 0 Å². The maximum absolute atomic E-state index is 6.58. The number of thiol groups is 1. The molecular weight excluding hydrogens is 589 g/mol. The third-order valence-corrected chi connectivity index (χ3v) is 13.6. The van der Waals surface area contributed by atoms with Crippen LogP contribution in [0.3, 0.4) is 0 Å². The summed E-state index contributed by atoms with van der Waals surface area (Å²) in [5, 5.41) is 0. The van der Waals surface area contributed by atoms with Crippen molar-refractivity contribution in [3.8, 4) is 0 Å². The second-order valence-electron chi connectivity index (χ2n) is 12.0. The van der Waals surface area contributed by atoms with Crippen molar-refractivity contribution in [3.63, 3.8) is 0 Å². The Hall–Kier alpha value is 0.365. The molecule has 2 saturated heterocycles. The maximum Gasteiger partial charge on any atom is 0.380 e. The minimum atomic E-state index is -1.01. The fraction of sp³-hybridized carbons (Fsp3) is 0.750. The lowest BCUT2D eigenvalue weighted by molar-refractivity contribution is -0.225. The van der Waals surface area contributed by atoms with Gasteiger partial charge in [0.15, 0.2) is 6.29 Å². The third kappa shape index (κ3) is 13.5. The van der Waals surface area contributed by atoms with E-state index in [1.54, 1.807) is 0 Å². The quantitative estimate of drug-likeness (QED) is 0.0907. The van der Waals surface area contributed by atoms with Crippen molar-refractivity contribution in [2.24, 2.45) is 0 Å². The summed E-state index contributed by atoms with van der Waals surface area (Å²) in [7, 11) is 1.55. The molecular formula is C32H56BClO4P2S. The molecule has 41 heavy (non-hydrogen) atoms.